The van der Waals surface area contributed by atoms with E-state index in [0.29, 0.717) is 22.2 Å². The predicted molar refractivity (Wildman–Crippen MR) is 84.8 cm³/mol. The lowest BCUT2D eigenvalue weighted by Gasteiger charge is -2.15. The van der Waals surface area contributed by atoms with Gasteiger partial charge in [0.05, 0.1) is 4.92 Å². The number of benzene rings is 2. The first-order chi connectivity index (χ1) is 9.99. The van der Waals surface area contributed by atoms with Crippen LogP contribution in [0.4, 0.5) is 5.69 Å². The largest absolute Gasteiger partial charge is 0.306 e. The van der Waals surface area contributed by atoms with Crippen molar-refractivity contribution in [3.63, 3.8) is 0 Å². The molecule has 0 aliphatic heterocycles. The Labute approximate surface area is 132 Å². The summed E-state index contributed by atoms with van der Waals surface area (Å²) in [6, 6.07) is 12.0. The number of nitrogens with zero attached hydrogens (tertiary/aromatic N) is 1. The Morgan fingerprint density at radius 1 is 1.24 bits per heavy atom. The van der Waals surface area contributed by atoms with Crippen molar-refractivity contribution >= 4 is 28.9 Å². The minimum atomic E-state index is -0.409. The van der Waals surface area contributed by atoms with E-state index >= 15 is 0 Å². The van der Waals surface area contributed by atoms with Gasteiger partial charge in [0.1, 0.15) is 0 Å². The quantitative estimate of drug-likeness (QED) is 0.637. The van der Waals surface area contributed by atoms with Crippen molar-refractivity contribution in [2.24, 2.45) is 0 Å². The number of nitro groups is 1. The molecule has 0 aromatic heterocycles. The van der Waals surface area contributed by atoms with Crippen LogP contribution in [-0.2, 0) is 6.54 Å². The summed E-state index contributed by atoms with van der Waals surface area (Å²) in [4.78, 5) is 10.6. The van der Waals surface area contributed by atoms with Crippen molar-refractivity contribution in [2.75, 3.05) is 0 Å². The lowest BCUT2D eigenvalue weighted by molar-refractivity contribution is -0.385. The molecular weight excluding hydrogens is 311 g/mol. The fourth-order valence-corrected chi connectivity index (χ4v) is 2.57. The second kappa shape index (κ2) is 6.89. The van der Waals surface area contributed by atoms with Gasteiger partial charge in [0.15, 0.2) is 0 Å². The minimum absolute atomic E-state index is 0.0303. The second-order valence-corrected chi connectivity index (χ2v) is 5.50. The van der Waals surface area contributed by atoms with E-state index in [1.807, 2.05) is 31.2 Å². The van der Waals surface area contributed by atoms with Gasteiger partial charge in [0.2, 0.25) is 0 Å². The highest BCUT2D eigenvalue weighted by Crippen LogP contribution is 2.25. The molecule has 0 aliphatic rings. The summed E-state index contributed by atoms with van der Waals surface area (Å²) in [5.41, 5.74) is 1.55. The van der Waals surface area contributed by atoms with Gasteiger partial charge in [-0.1, -0.05) is 41.4 Å². The molecule has 2 aromatic carbocycles. The van der Waals surface area contributed by atoms with Crippen LogP contribution in [0.3, 0.4) is 0 Å². The number of hydrogen-bond acceptors (Lipinski definition) is 3. The molecule has 2 aromatic rings. The molecule has 21 heavy (non-hydrogen) atoms. The second-order valence-electron chi connectivity index (χ2n) is 4.65. The highest BCUT2D eigenvalue weighted by Gasteiger charge is 2.15. The monoisotopic (exact) mass is 324 g/mol. The molecule has 0 radical (unpaired) electrons. The van der Waals surface area contributed by atoms with Crippen molar-refractivity contribution in [3.05, 3.63) is 73.8 Å². The average molecular weight is 325 g/mol. The van der Waals surface area contributed by atoms with Crippen molar-refractivity contribution in [1.82, 2.24) is 5.32 Å². The number of rotatable bonds is 5. The number of nitro benzene ring substituents is 1. The summed E-state index contributed by atoms with van der Waals surface area (Å²) in [6.07, 6.45) is 0. The van der Waals surface area contributed by atoms with E-state index < -0.39 is 4.92 Å². The summed E-state index contributed by atoms with van der Waals surface area (Å²) in [7, 11) is 0. The van der Waals surface area contributed by atoms with Gasteiger partial charge in [-0.25, -0.2) is 0 Å². The highest BCUT2D eigenvalue weighted by atomic mass is 35.5. The SMILES string of the molecule is CC(NCc1cc(Cl)ccc1[N+](=O)[O-])c1ccccc1Cl. The van der Waals surface area contributed by atoms with Gasteiger partial charge in [-0.2, -0.15) is 0 Å². The first-order valence-electron chi connectivity index (χ1n) is 6.39. The molecule has 0 bridgehead atoms. The lowest BCUT2D eigenvalue weighted by atomic mass is 10.1. The molecule has 0 aliphatic carbocycles. The Balaban J connectivity index is 2.15. The van der Waals surface area contributed by atoms with Crippen molar-refractivity contribution in [2.45, 2.75) is 19.5 Å². The highest BCUT2D eigenvalue weighted by molar-refractivity contribution is 6.31. The van der Waals surface area contributed by atoms with Crippen LogP contribution in [0.15, 0.2) is 42.5 Å². The topological polar surface area (TPSA) is 55.2 Å². The third-order valence-corrected chi connectivity index (χ3v) is 3.79. The van der Waals surface area contributed by atoms with Crippen LogP contribution in [-0.4, -0.2) is 4.92 Å². The van der Waals surface area contributed by atoms with Gasteiger partial charge in [-0.3, -0.25) is 10.1 Å². The Morgan fingerprint density at radius 2 is 1.95 bits per heavy atom. The van der Waals surface area contributed by atoms with Crippen LogP contribution >= 0.6 is 23.2 Å². The normalized spacial score (nSPS) is 12.1. The van der Waals surface area contributed by atoms with Crippen LogP contribution in [0.5, 0.6) is 0 Å². The fourth-order valence-electron chi connectivity index (χ4n) is 2.07. The van der Waals surface area contributed by atoms with Crippen molar-refractivity contribution < 1.29 is 4.92 Å². The standard InChI is InChI=1S/C15H14Cl2N2O2/c1-10(13-4-2-3-5-14(13)17)18-9-11-8-12(16)6-7-15(11)19(20)21/h2-8,10,18H,9H2,1H3. The van der Waals surface area contributed by atoms with Gasteiger partial charge < -0.3 is 5.32 Å². The molecule has 0 heterocycles. The van der Waals surface area contributed by atoms with Crippen LogP contribution < -0.4 is 5.32 Å². The van der Waals surface area contributed by atoms with Crippen molar-refractivity contribution in [1.29, 1.82) is 0 Å². The van der Waals surface area contributed by atoms with Gasteiger partial charge in [0.25, 0.3) is 5.69 Å². The number of halogens is 2. The average Bonchev–Trinajstić information content (AvgIpc) is 2.45. The molecule has 0 saturated heterocycles. The molecule has 1 N–H and O–H groups in total. The molecule has 0 spiro atoms. The fraction of sp³-hybridized carbons (Fsp3) is 0.200. The van der Waals surface area contributed by atoms with Gasteiger partial charge in [-0.05, 0) is 30.7 Å². The van der Waals surface area contributed by atoms with Crippen LogP contribution in [0.1, 0.15) is 24.1 Å². The summed E-state index contributed by atoms with van der Waals surface area (Å²) in [5, 5.41) is 15.4. The molecule has 0 amide bonds. The van der Waals surface area contributed by atoms with Crippen LogP contribution in [0.2, 0.25) is 10.0 Å². The maximum absolute atomic E-state index is 11.0. The summed E-state index contributed by atoms with van der Waals surface area (Å²) >= 11 is 12.0. The maximum atomic E-state index is 11.0. The lowest BCUT2D eigenvalue weighted by Crippen LogP contribution is -2.19. The Bertz CT molecular complexity index is 662. The zero-order chi connectivity index (χ0) is 15.4. The first kappa shape index (κ1) is 15.8. The van der Waals surface area contributed by atoms with E-state index in [2.05, 4.69) is 5.32 Å². The van der Waals surface area contributed by atoms with Gasteiger partial charge in [0, 0.05) is 34.3 Å². The molecule has 4 nitrogen and oxygen atoms in total. The van der Waals surface area contributed by atoms with Crippen molar-refractivity contribution in [3.8, 4) is 0 Å². The molecule has 1 atom stereocenters. The molecule has 0 fully saturated rings. The van der Waals surface area contributed by atoms with Crippen LogP contribution in [0.25, 0.3) is 0 Å². The van der Waals surface area contributed by atoms with Gasteiger partial charge in [-0.15, -0.1) is 0 Å². The van der Waals surface area contributed by atoms with E-state index in [1.165, 1.54) is 12.1 Å². The third-order valence-electron chi connectivity index (χ3n) is 3.21. The van der Waals surface area contributed by atoms with E-state index in [9.17, 15) is 10.1 Å². The first-order valence-corrected chi connectivity index (χ1v) is 7.15. The zero-order valence-corrected chi connectivity index (χ0v) is 12.9. The summed E-state index contributed by atoms with van der Waals surface area (Å²) in [5.74, 6) is 0. The van der Waals surface area contributed by atoms with E-state index in [1.54, 1.807) is 6.07 Å². The third kappa shape index (κ3) is 3.94. The number of hydrogen-bond donors (Lipinski definition) is 1. The van der Waals surface area contributed by atoms with E-state index in [4.69, 9.17) is 23.2 Å². The van der Waals surface area contributed by atoms with Gasteiger partial charge >= 0.3 is 0 Å². The summed E-state index contributed by atoms with van der Waals surface area (Å²) < 4.78 is 0. The predicted octanol–water partition coefficient (Wildman–Crippen LogP) is 4.75. The molecule has 2 rings (SSSR count). The van der Waals surface area contributed by atoms with E-state index in [0.717, 1.165) is 5.56 Å². The smallest absolute Gasteiger partial charge is 0.273 e. The molecule has 6 heteroatoms. The molecular formula is C15H14Cl2N2O2. The zero-order valence-electron chi connectivity index (χ0n) is 11.3. The maximum Gasteiger partial charge on any atom is 0.273 e. The Morgan fingerprint density at radius 3 is 2.62 bits per heavy atom. The minimum Gasteiger partial charge on any atom is -0.306 e. The Kier molecular flexibility index (Phi) is 5.17. The van der Waals surface area contributed by atoms with Crippen LogP contribution in [0, 0.1) is 10.1 Å². The molecule has 0 saturated carbocycles. The van der Waals surface area contributed by atoms with E-state index in [-0.39, 0.29) is 11.7 Å². The molecule has 1 unspecified atom stereocenters. The Hall–Kier alpha value is -1.62. The number of nitrogens with one attached hydrogen (secondary N) is 1. The molecule has 110 valence electrons. The summed E-state index contributed by atoms with van der Waals surface area (Å²) in [6.45, 7) is 2.29.